The van der Waals surface area contributed by atoms with Gasteiger partial charge in [-0.1, -0.05) is 0 Å². The zero-order valence-corrected chi connectivity index (χ0v) is 15.6. The van der Waals surface area contributed by atoms with Crippen molar-refractivity contribution in [2.45, 2.75) is 0 Å². The van der Waals surface area contributed by atoms with Crippen molar-refractivity contribution < 1.29 is 176 Å². The molecule has 2 radical (unpaired) electrons. The van der Waals surface area contributed by atoms with Crippen LogP contribution in [-0.2, 0) is 9.59 Å². The molecule has 4 nitrogen and oxygen atoms in total. The molecule has 0 aliphatic carbocycles. The maximum Gasteiger partial charge on any atom is 0.414 e. The van der Waals surface area contributed by atoms with E-state index in [-0.39, 0.29) is 156 Å². The molecule has 0 bridgehead atoms. The Kier molecular flexibility index (Phi) is 55.0. The minimum Gasteiger partial charge on any atom is -0.473 e. The molecular weight excluding hydrogens is 683 g/mol. The van der Waals surface area contributed by atoms with Crippen molar-refractivity contribution in [3.63, 3.8) is 0 Å². The molecule has 0 rings (SSSR count). The van der Waals surface area contributed by atoms with Crippen molar-refractivity contribution in [1.82, 2.24) is 0 Å². The molecule has 10 heavy (non-hydrogen) atoms. The molecule has 2 N–H and O–H groups in total. The standard InChI is InChI=1S/C2H2O4.Ce.Gd.La.Tb/c3-1(4)2(5)6;;;;/h(H,3,4)(H,5,6);;;;. The van der Waals surface area contributed by atoms with Crippen LogP contribution in [0.1, 0.15) is 0 Å². The molecule has 0 atom stereocenters. The summed E-state index contributed by atoms with van der Waals surface area (Å²) < 4.78 is 0. The first kappa shape index (κ1) is 29.2. The summed E-state index contributed by atoms with van der Waals surface area (Å²) in [4.78, 5) is 18.2. The fourth-order valence-corrected chi connectivity index (χ4v) is 0. The Morgan fingerprint density at radius 2 is 1.10 bits per heavy atom. The summed E-state index contributed by atoms with van der Waals surface area (Å²) >= 11 is 0. The molecule has 0 saturated carbocycles. The van der Waals surface area contributed by atoms with Crippen LogP contribution < -0.4 is 0 Å². The van der Waals surface area contributed by atoms with Crippen molar-refractivity contribution in [3.05, 3.63) is 0 Å². The van der Waals surface area contributed by atoms with Crippen LogP contribution in [0.4, 0.5) is 0 Å². The fraction of sp³-hybridized carbons (Fsp3) is 0. The summed E-state index contributed by atoms with van der Waals surface area (Å²) in [5.74, 6) is -3.65. The van der Waals surface area contributed by atoms with Crippen LogP contribution in [0.15, 0.2) is 0 Å². The van der Waals surface area contributed by atoms with Crippen molar-refractivity contribution in [3.8, 4) is 0 Å². The van der Waals surface area contributed by atoms with Crippen LogP contribution in [0.2, 0.25) is 0 Å². The molecule has 0 aliphatic heterocycles. The molecule has 0 amide bonds. The third kappa shape index (κ3) is 22.7. The summed E-state index contributed by atoms with van der Waals surface area (Å²) in [5, 5.41) is 14.8. The van der Waals surface area contributed by atoms with E-state index in [0.717, 1.165) is 0 Å². The molecule has 0 aromatic rings. The number of rotatable bonds is 0. The van der Waals surface area contributed by atoms with Gasteiger partial charge in [-0.05, 0) is 0 Å². The van der Waals surface area contributed by atoms with Crippen molar-refractivity contribution in [2.24, 2.45) is 0 Å². The smallest absolute Gasteiger partial charge is 0.414 e. The molecule has 0 aromatic carbocycles. The molecule has 8 heteroatoms. The van der Waals surface area contributed by atoms with Crippen LogP contribution in [0.3, 0.4) is 0 Å². The van der Waals surface area contributed by atoms with Gasteiger partial charge in [0.2, 0.25) is 0 Å². The average molecular weight is 685 g/mol. The Bertz CT molecular complexity index is 89.3. The minimum absolute atomic E-state index is 0. The molecule has 0 aromatic heterocycles. The second-order valence-electron chi connectivity index (χ2n) is 0.610. The van der Waals surface area contributed by atoms with Gasteiger partial charge in [0.05, 0.1) is 0 Å². The first-order valence-electron chi connectivity index (χ1n) is 1.11. The Morgan fingerprint density at radius 1 is 1.00 bits per heavy atom. The van der Waals surface area contributed by atoms with E-state index in [4.69, 9.17) is 19.8 Å². The average Bonchev–Trinajstić information content (AvgIpc) is 1.36. The predicted molar refractivity (Wildman–Crippen MR) is 15.3 cm³/mol. The van der Waals surface area contributed by atoms with Crippen LogP contribution in [0, 0.1) is 156 Å². The van der Waals surface area contributed by atoms with Crippen LogP contribution in [-0.4, -0.2) is 22.2 Å². The predicted octanol–water partition coefficient (Wildman–Crippen LogP) is -0.844. The molecule has 0 heterocycles. The van der Waals surface area contributed by atoms with E-state index in [9.17, 15) is 0 Å². The van der Waals surface area contributed by atoms with Crippen molar-refractivity contribution >= 4 is 11.9 Å². The fourth-order valence-electron chi connectivity index (χ4n) is 0. The van der Waals surface area contributed by atoms with Crippen molar-refractivity contribution in [2.75, 3.05) is 0 Å². The van der Waals surface area contributed by atoms with Gasteiger partial charge in [0.15, 0.2) is 0 Å². The normalized spacial score (nSPS) is 4.40. The van der Waals surface area contributed by atoms with Gasteiger partial charge in [0, 0.05) is 156 Å². The van der Waals surface area contributed by atoms with Gasteiger partial charge in [-0.25, -0.2) is 9.59 Å². The Hall–Kier alpha value is 4.12. The molecule has 0 unspecified atom stereocenters. The van der Waals surface area contributed by atoms with Gasteiger partial charge < -0.3 is 10.2 Å². The third-order valence-electron chi connectivity index (χ3n) is 0.183. The minimum atomic E-state index is -1.82. The number of aliphatic carboxylic acids is 2. The second kappa shape index (κ2) is 18.8. The van der Waals surface area contributed by atoms with Gasteiger partial charge in [-0.3, -0.25) is 0 Å². The Morgan fingerprint density at radius 3 is 1.10 bits per heavy atom. The van der Waals surface area contributed by atoms with E-state index in [1.807, 2.05) is 0 Å². The van der Waals surface area contributed by atoms with E-state index < -0.39 is 11.9 Å². The quantitative estimate of drug-likeness (QED) is 0.327. The summed E-state index contributed by atoms with van der Waals surface area (Å²) in [6, 6.07) is 0. The van der Waals surface area contributed by atoms with E-state index in [2.05, 4.69) is 0 Å². The molecule has 58 valence electrons. The summed E-state index contributed by atoms with van der Waals surface area (Å²) in [5.41, 5.74) is 0. The van der Waals surface area contributed by atoms with Crippen LogP contribution >= 0.6 is 0 Å². The largest absolute Gasteiger partial charge is 0.473 e. The van der Waals surface area contributed by atoms with E-state index in [1.165, 1.54) is 0 Å². The molecule has 0 saturated heterocycles. The zero-order chi connectivity index (χ0) is 5.15. The van der Waals surface area contributed by atoms with Crippen molar-refractivity contribution in [1.29, 1.82) is 0 Å². The Labute approximate surface area is 182 Å². The molecule has 0 aliphatic rings. The molecule has 0 spiro atoms. The number of hydrogen-bond acceptors (Lipinski definition) is 2. The van der Waals surface area contributed by atoms with Gasteiger partial charge >= 0.3 is 11.9 Å². The summed E-state index contributed by atoms with van der Waals surface area (Å²) in [6.45, 7) is 0. The number of carboxylic acid groups (broad SMARTS) is 2. The van der Waals surface area contributed by atoms with Crippen LogP contribution in [0.5, 0.6) is 0 Å². The third-order valence-corrected chi connectivity index (χ3v) is 0.183. The molecular formula is C2H2CeGdLaO4Tb. The summed E-state index contributed by atoms with van der Waals surface area (Å²) in [7, 11) is 0. The zero-order valence-electron chi connectivity index (χ0n) is 4.48. The van der Waals surface area contributed by atoms with Gasteiger partial charge in [-0.15, -0.1) is 0 Å². The maximum absolute atomic E-state index is 9.10. The van der Waals surface area contributed by atoms with E-state index in [0.29, 0.717) is 0 Å². The number of carbonyl (C=O) groups is 2. The van der Waals surface area contributed by atoms with Crippen LogP contribution in [0.25, 0.3) is 0 Å². The van der Waals surface area contributed by atoms with E-state index >= 15 is 0 Å². The first-order valence-corrected chi connectivity index (χ1v) is 1.11. The Balaban J connectivity index is -0.0000000208. The molecule has 0 fully saturated rings. The number of hydrogen-bond donors (Lipinski definition) is 2. The SMILES string of the molecule is O=C(O)C(=O)O.[Ce].[Gd].[La].[Tb]. The second-order valence-corrected chi connectivity index (χ2v) is 0.610. The van der Waals surface area contributed by atoms with E-state index in [1.54, 1.807) is 0 Å². The van der Waals surface area contributed by atoms with Gasteiger partial charge in [-0.2, -0.15) is 0 Å². The van der Waals surface area contributed by atoms with Gasteiger partial charge in [0.1, 0.15) is 0 Å². The van der Waals surface area contributed by atoms with Gasteiger partial charge in [0.25, 0.3) is 0 Å². The topological polar surface area (TPSA) is 74.6 Å². The first-order chi connectivity index (χ1) is 2.64. The maximum atomic E-state index is 9.10. The summed E-state index contributed by atoms with van der Waals surface area (Å²) in [6.07, 6.45) is 0. The monoisotopic (exact) mass is 686 g/mol. The number of carboxylic acids is 2.